The molecule has 1 aliphatic heterocycles. The maximum Gasteiger partial charge on any atom is 0.224 e. The van der Waals surface area contributed by atoms with E-state index in [-0.39, 0.29) is 29.5 Å². The molecule has 0 spiro atoms. The fraction of sp³-hybridized carbons (Fsp3) is 0.217. The highest BCUT2D eigenvalue weighted by atomic mass is 19.1. The molecule has 0 saturated heterocycles. The molecule has 0 fully saturated rings. The lowest BCUT2D eigenvalue weighted by Crippen LogP contribution is -2.31. The molecule has 0 N–H and O–H groups in total. The number of anilines is 1. The fourth-order valence-corrected chi connectivity index (χ4v) is 4.12. The van der Waals surface area contributed by atoms with Gasteiger partial charge in [0.15, 0.2) is 5.78 Å². The van der Waals surface area contributed by atoms with Crippen LogP contribution in [0.15, 0.2) is 59.0 Å². The van der Waals surface area contributed by atoms with Crippen molar-refractivity contribution in [3.8, 4) is 0 Å². The van der Waals surface area contributed by atoms with Crippen molar-refractivity contribution in [2.75, 3.05) is 4.90 Å². The molecule has 0 radical (unpaired) electrons. The number of ketones is 1. The number of carbonyl (C=O) groups excluding carboxylic acids is 2. The zero-order valence-electron chi connectivity index (χ0n) is 15.9. The average Bonchev–Trinajstić information content (AvgIpc) is 3.20. The van der Waals surface area contributed by atoms with Crippen LogP contribution >= 0.6 is 0 Å². The van der Waals surface area contributed by atoms with Crippen LogP contribution in [0.3, 0.4) is 0 Å². The van der Waals surface area contributed by atoms with E-state index >= 15 is 0 Å². The van der Waals surface area contributed by atoms with Gasteiger partial charge in [-0.1, -0.05) is 30.3 Å². The monoisotopic (exact) mass is 377 g/mol. The number of nitrogens with zero attached hydrogens (tertiary/aromatic N) is 1. The van der Waals surface area contributed by atoms with Gasteiger partial charge in [-0.25, -0.2) is 4.39 Å². The number of furan rings is 1. The lowest BCUT2D eigenvalue weighted by Gasteiger charge is -2.27. The predicted octanol–water partition coefficient (Wildman–Crippen LogP) is 5.17. The summed E-state index contributed by atoms with van der Waals surface area (Å²) in [6.45, 7) is 4.78. The normalized spacial score (nSPS) is 18.2. The number of benzene rings is 2. The van der Waals surface area contributed by atoms with Gasteiger partial charge in [0, 0.05) is 12.6 Å². The Balaban J connectivity index is 1.94. The van der Waals surface area contributed by atoms with E-state index < -0.39 is 0 Å². The second kappa shape index (κ2) is 6.75. The number of fused-ring (bicyclic) bond motifs is 1. The first kappa shape index (κ1) is 18.2. The maximum atomic E-state index is 13.5. The van der Waals surface area contributed by atoms with Crippen molar-refractivity contribution < 1.29 is 18.4 Å². The Morgan fingerprint density at radius 3 is 2.32 bits per heavy atom. The molecular weight excluding hydrogens is 357 g/mol. The molecule has 0 unspecified atom stereocenters. The topological polar surface area (TPSA) is 50.5 Å². The van der Waals surface area contributed by atoms with Crippen molar-refractivity contribution in [1.29, 1.82) is 0 Å². The third kappa shape index (κ3) is 2.83. The Morgan fingerprint density at radius 1 is 1.04 bits per heavy atom. The number of amides is 1. The number of rotatable bonds is 3. The lowest BCUT2D eigenvalue weighted by atomic mass is 9.88. The van der Waals surface area contributed by atoms with Crippen LogP contribution in [0.1, 0.15) is 58.8 Å². The number of Topliss-reactive ketones (excluding diaryl/α,β-unsaturated/α-hetero) is 1. The van der Waals surface area contributed by atoms with Gasteiger partial charge in [0.2, 0.25) is 5.91 Å². The molecule has 5 heteroatoms. The van der Waals surface area contributed by atoms with E-state index in [0.717, 1.165) is 16.8 Å². The summed E-state index contributed by atoms with van der Waals surface area (Å²) in [5.74, 6) is 0.363. The molecule has 1 amide bonds. The highest BCUT2D eigenvalue weighted by Crippen LogP contribution is 2.52. The Labute approximate surface area is 162 Å². The van der Waals surface area contributed by atoms with Gasteiger partial charge in [-0.15, -0.1) is 0 Å². The standard InChI is InChI=1S/C23H20FNO3/c1-13(26)19-12-21(28-14(19)2)22-18-6-4-5-7-20(18)25(15(3)27)23(22)16-8-10-17(24)11-9-16/h4-12,22-23H,1-3H3/t22-,23+/m1/s1. The van der Waals surface area contributed by atoms with E-state index in [9.17, 15) is 14.0 Å². The van der Waals surface area contributed by atoms with Crippen molar-refractivity contribution in [2.24, 2.45) is 0 Å². The van der Waals surface area contributed by atoms with Gasteiger partial charge in [0.05, 0.1) is 17.5 Å². The van der Waals surface area contributed by atoms with Crippen molar-refractivity contribution in [3.63, 3.8) is 0 Å². The molecule has 142 valence electrons. The Morgan fingerprint density at radius 2 is 1.71 bits per heavy atom. The smallest absolute Gasteiger partial charge is 0.224 e. The molecule has 0 bridgehead atoms. The Kier molecular flexibility index (Phi) is 4.38. The van der Waals surface area contributed by atoms with Crippen molar-refractivity contribution >= 4 is 17.4 Å². The molecule has 1 aromatic heterocycles. The first-order valence-electron chi connectivity index (χ1n) is 9.14. The molecular formula is C23H20FNO3. The second-order valence-electron chi connectivity index (χ2n) is 7.10. The van der Waals surface area contributed by atoms with Gasteiger partial charge in [-0.05, 0) is 49.2 Å². The molecule has 2 heterocycles. The van der Waals surface area contributed by atoms with E-state index in [4.69, 9.17) is 4.42 Å². The molecule has 0 saturated carbocycles. The van der Waals surface area contributed by atoms with Gasteiger partial charge in [0.1, 0.15) is 17.3 Å². The number of carbonyl (C=O) groups is 2. The van der Waals surface area contributed by atoms with Gasteiger partial charge in [-0.2, -0.15) is 0 Å². The van der Waals surface area contributed by atoms with Crippen molar-refractivity contribution in [3.05, 3.63) is 88.6 Å². The molecule has 2 aromatic carbocycles. The average molecular weight is 377 g/mol. The van der Waals surface area contributed by atoms with Gasteiger partial charge in [-0.3, -0.25) is 9.59 Å². The first-order chi connectivity index (χ1) is 13.4. The third-order valence-corrected chi connectivity index (χ3v) is 5.30. The van der Waals surface area contributed by atoms with Crippen LogP contribution in [-0.4, -0.2) is 11.7 Å². The largest absolute Gasteiger partial charge is 0.465 e. The molecule has 4 nitrogen and oxygen atoms in total. The Bertz CT molecular complexity index is 1070. The SMILES string of the molecule is CC(=O)c1cc([C@H]2c3ccccc3N(C(C)=O)[C@H]2c2ccc(F)cc2)oc1C. The summed E-state index contributed by atoms with van der Waals surface area (Å²) in [6.07, 6.45) is 0. The summed E-state index contributed by atoms with van der Waals surface area (Å²) >= 11 is 0. The molecule has 1 aliphatic rings. The van der Waals surface area contributed by atoms with E-state index in [1.165, 1.54) is 26.0 Å². The second-order valence-corrected chi connectivity index (χ2v) is 7.10. The summed E-state index contributed by atoms with van der Waals surface area (Å²) in [4.78, 5) is 26.2. The summed E-state index contributed by atoms with van der Waals surface area (Å²) in [5, 5.41) is 0. The maximum absolute atomic E-state index is 13.5. The van der Waals surface area contributed by atoms with E-state index in [1.54, 1.807) is 30.0 Å². The van der Waals surface area contributed by atoms with E-state index in [0.29, 0.717) is 17.1 Å². The fourth-order valence-electron chi connectivity index (χ4n) is 4.12. The minimum Gasteiger partial charge on any atom is -0.465 e. The van der Waals surface area contributed by atoms with Gasteiger partial charge < -0.3 is 9.32 Å². The van der Waals surface area contributed by atoms with E-state index in [2.05, 4.69) is 0 Å². The van der Waals surface area contributed by atoms with Crippen LogP contribution in [-0.2, 0) is 4.79 Å². The highest BCUT2D eigenvalue weighted by molar-refractivity contribution is 5.97. The summed E-state index contributed by atoms with van der Waals surface area (Å²) in [5.41, 5.74) is 3.08. The van der Waals surface area contributed by atoms with E-state index in [1.807, 2.05) is 24.3 Å². The number of aryl methyl sites for hydroxylation is 1. The summed E-state index contributed by atoms with van der Waals surface area (Å²) in [6, 6.07) is 15.2. The quantitative estimate of drug-likeness (QED) is 0.592. The number of para-hydroxylation sites is 1. The molecule has 0 aliphatic carbocycles. The molecule has 4 rings (SSSR count). The number of halogens is 1. The molecule has 28 heavy (non-hydrogen) atoms. The zero-order valence-corrected chi connectivity index (χ0v) is 15.9. The van der Waals surface area contributed by atoms with Crippen LogP contribution in [0, 0.1) is 12.7 Å². The van der Waals surface area contributed by atoms with Gasteiger partial charge in [0.25, 0.3) is 0 Å². The molecule has 2 atom stereocenters. The van der Waals surface area contributed by atoms with Crippen LogP contribution in [0.25, 0.3) is 0 Å². The van der Waals surface area contributed by atoms with Crippen molar-refractivity contribution in [1.82, 2.24) is 0 Å². The van der Waals surface area contributed by atoms with Crippen LogP contribution < -0.4 is 4.90 Å². The van der Waals surface area contributed by atoms with Gasteiger partial charge >= 0.3 is 0 Å². The number of hydrogen-bond donors (Lipinski definition) is 0. The molecule has 3 aromatic rings. The first-order valence-corrected chi connectivity index (χ1v) is 9.14. The van der Waals surface area contributed by atoms with Crippen LogP contribution in [0.5, 0.6) is 0 Å². The lowest BCUT2D eigenvalue weighted by molar-refractivity contribution is -0.117. The zero-order chi connectivity index (χ0) is 20.0. The minimum atomic E-state index is -0.388. The third-order valence-electron chi connectivity index (χ3n) is 5.30. The minimum absolute atomic E-state index is 0.0689. The summed E-state index contributed by atoms with van der Waals surface area (Å²) in [7, 11) is 0. The highest BCUT2D eigenvalue weighted by Gasteiger charge is 2.44. The van der Waals surface area contributed by atoms with Crippen LogP contribution in [0.2, 0.25) is 0 Å². The van der Waals surface area contributed by atoms with Crippen molar-refractivity contribution in [2.45, 2.75) is 32.7 Å². The summed E-state index contributed by atoms with van der Waals surface area (Å²) < 4.78 is 19.5. The van der Waals surface area contributed by atoms with Crippen LogP contribution in [0.4, 0.5) is 10.1 Å². The Hall–Kier alpha value is -3.21. The predicted molar refractivity (Wildman–Crippen MR) is 104 cm³/mol. The number of hydrogen-bond acceptors (Lipinski definition) is 3.